The Labute approximate surface area is 121 Å². The molecule has 2 rings (SSSR count). The maximum absolute atomic E-state index is 11.7. The Hall–Kier alpha value is -1.57. The van der Waals surface area contributed by atoms with Gasteiger partial charge >= 0.3 is 0 Å². The van der Waals surface area contributed by atoms with Crippen LogP contribution in [0.5, 0.6) is 0 Å². The second-order valence-electron chi connectivity index (χ2n) is 5.58. The van der Waals surface area contributed by atoms with E-state index in [4.69, 9.17) is 0 Å². The van der Waals surface area contributed by atoms with Crippen LogP contribution in [0.3, 0.4) is 0 Å². The lowest BCUT2D eigenvalue weighted by molar-refractivity contribution is 0.101. The predicted molar refractivity (Wildman–Crippen MR) is 85.3 cm³/mol. The zero-order chi connectivity index (χ0) is 14.4. The van der Waals surface area contributed by atoms with Crippen molar-refractivity contribution in [3.05, 3.63) is 36.0 Å². The molecule has 0 unspecified atom stereocenters. The summed E-state index contributed by atoms with van der Waals surface area (Å²) in [5.74, 6) is 0.155. The highest BCUT2D eigenvalue weighted by Gasteiger charge is 2.10. The largest absolute Gasteiger partial charge is 0.347 e. The minimum atomic E-state index is 0.155. The number of unbranched alkanes of at least 4 members (excludes halogenated alkanes) is 5. The van der Waals surface area contributed by atoms with Crippen molar-refractivity contribution in [2.75, 3.05) is 0 Å². The van der Waals surface area contributed by atoms with E-state index in [1.165, 1.54) is 44.0 Å². The fourth-order valence-electron chi connectivity index (χ4n) is 2.77. The number of nitrogens with zero attached hydrogens (tertiary/aromatic N) is 1. The number of aryl methyl sites for hydroxylation is 1. The van der Waals surface area contributed by atoms with Crippen LogP contribution in [0.15, 0.2) is 30.5 Å². The van der Waals surface area contributed by atoms with Gasteiger partial charge in [0.2, 0.25) is 0 Å². The summed E-state index contributed by atoms with van der Waals surface area (Å²) in [5.41, 5.74) is 2.04. The van der Waals surface area contributed by atoms with E-state index in [1.807, 2.05) is 24.4 Å². The second-order valence-corrected chi connectivity index (χ2v) is 5.58. The average molecular weight is 271 g/mol. The van der Waals surface area contributed by atoms with Crippen LogP contribution in [0.2, 0.25) is 0 Å². The van der Waals surface area contributed by atoms with Gasteiger partial charge in [0.05, 0.1) is 0 Å². The SMILES string of the molecule is CCCCCCCCn1cc(C(C)=O)c2ccccc21. The number of carbonyl (C=O) groups excluding carboxylic acids is 1. The molecular formula is C18H25NO. The Bertz CT molecular complexity index is 568. The van der Waals surface area contributed by atoms with Crippen molar-refractivity contribution >= 4 is 16.7 Å². The van der Waals surface area contributed by atoms with Crippen molar-refractivity contribution in [2.24, 2.45) is 0 Å². The van der Waals surface area contributed by atoms with Crippen LogP contribution in [0.1, 0.15) is 62.7 Å². The molecule has 0 bridgehead atoms. The number of benzene rings is 1. The molecule has 108 valence electrons. The van der Waals surface area contributed by atoms with E-state index in [0.29, 0.717) is 0 Å². The fraction of sp³-hybridized carbons (Fsp3) is 0.500. The topological polar surface area (TPSA) is 22.0 Å². The van der Waals surface area contributed by atoms with Gasteiger partial charge in [-0.3, -0.25) is 4.79 Å². The lowest BCUT2D eigenvalue weighted by Gasteiger charge is -2.05. The standard InChI is InChI=1S/C18H25NO/c1-3-4-5-6-7-10-13-19-14-17(15(2)20)16-11-8-9-12-18(16)19/h8-9,11-12,14H,3-7,10,13H2,1-2H3. The lowest BCUT2D eigenvalue weighted by atomic mass is 10.1. The van der Waals surface area contributed by atoms with Gasteiger partial charge in [-0.05, 0) is 19.4 Å². The third-order valence-corrected chi connectivity index (χ3v) is 3.92. The van der Waals surface area contributed by atoms with Crippen molar-refractivity contribution < 1.29 is 4.79 Å². The summed E-state index contributed by atoms with van der Waals surface area (Å²) < 4.78 is 2.24. The Morgan fingerprint density at radius 3 is 2.50 bits per heavy atom. The normalized spacial score (nSPS) is 11.1. The van der Waals surface area contributed by atoms with Crippen LogP contribution < -0.4 is 0 Å². The van der Waals surface area contributed by atoms with Gasteiger partial charge in [-0.25, -0.2) is 0 Å². The molecule has 0 atom stereocenters. The Kier molecular flexibility index (Phi) is 5.40. The molecule has 1 aromatic carbocycles. The summed E-state index contributed by atoms with van der Waals surface area (Å²) in [6.07, 6.45) is 9.82. The van der Waals surface area contributed by atoms with Gasteiger partial charge in [-0.2, -0.15) is 0 Å². The number of para-hydroxylation sites is 1. The Balaban J connectivity index is 2.01. The molecule has 0 radical (unpaired) electrons. The van der Waals surface area contributed by atoms with E-state index in [2.05, 4.69) is 17.6 Å². The van der Waals surface area contributed by atoms with Crippen LogP contribution in [0.25, 0.3) is 10.9 Å². The maximum atomic E-state index is 11.7. The molecule has 0 spiro atoms. The van der Waals surface area contributed by atoms with Crippen LogP contribution in [-0.4, -0.2) is 10.4 Å². The van der Waals surface area contributed by atoms with E-state index >= 15 is 0 Å². The second kappa shape index (κ2) is 7.28. The zero-order valence-electron chi connectivity index (χ0n) is 12.7. The summed E-state index contributed by atoms with van der Waals surface area (Å²) in [5, 5.41) is 1.09. The highest BCUT2D eigenvalue weighted by molar-refractivity contribution is 6.06. The number of carbonyl (C=O) groups is 1. The molecule has 0 N–H and O–H groups in total. The van der Waals surface area contributed by atoms with Gasteiger partial charge in [0.1, 0.15) is 0 Å². The zero-order valence-corrected chi connectivity index (χ0v) is 12.7. The van der Waals surface area contributed by atoms with Crippen LogP contribution in [-0.2, 0) is 6.54 Å². The van der Waals surface area contributed by atoms with E-state index in [0.717, 1.165) is 17.5 Å². The van der Waals surface area contributed by atoms with Crippen molar-refractivity contribution in [3.8, 4) is 0 Å². The predicted octanol–water partition coefficient (Wildman–Crippen LogP) is 5.20. The first-order valence-corrected chi connectivity index (χ1v) is 7.83. The van der Waals surface area contributed by atoms with Crippen molar-refractivity contribution in [1.29, 1.82) is 0 Å². The molecule has 1 heterocycles. The summed E-state index contributed by atoms with van der Waals surface area (Å²) in [7, 11) is 0. The highest BCUT2D eigenvalue weighted by Crippen LogP contribution is 2.22. The molecular weight excluding hydrogens is 246 g/mol. The third-order valence-electron chi connectivity index (χ3n) is 3.92. The molecule has 0 amide bonds. The molecule has 1 aromatic heterocycles. The first-order chi connectivity index (χ1) is 9.74. The summed E-state index contributed by atoms with van der Waals surface area (Å²) in [6.45, 7) is 4.91. The highest BCUT2D eigenvalue weighted by atomic mass is 16.1. The van der Waals surface area contributed by atoms with Gasteiger partial charge in [0.25, 0.3) is 0 Å². The molecule has 0 saturated heterocycles. The van der Waals surface area contributed by atoms with Crippen molar-refractivity contribution in [2.45, 2.75) is 58.9 Å². The monoisotopic (exact) mass is 271 g/mol. The molecule has 0 aliphatic carbocycles. The van der Waals surface area contributed by atoms with E-state index in [-0.39, 0.29) is 5.78 Å². The van der Waals surface area contributed by atoms with E-state index in [1.54, 1.807) is 6.92 Å². The quantitative estimate of drug-likeness (QED) is 0.477. The van der Waals surface area contributed by atoms with Gasteiger partial charge in [0, 0.05) is 29.2 Å². The van der Waals surface area contributed by atoms with Crippen molar-refractivity contribution in [1.82, 2.24) is 4.57 Å². The van der Waals surface area contributed by atoms with Gasteiger partial charge < -0.3 is 4.57 Å². The minimum absolute atomic E-state index is 0.155. The number of Topliss-reactive ketones (excluding diaryl/α,β-unsaturated/α-hetero) is 1. The first-order valence-electron chi connectivity index (χ1n) is 7.83. The molecule has 0 aliphatic rings. The summed E-state index contributed by atoms with van der Waals surface area (Å²) in [6, 6.07) is 8.20. The molecule has 0 fully saturated rings. The van der Waals surface area contributed by atoms with Gasteiger partial charge in [0.15, 0.2) is 5.78 Å². The summed E-state index contributed by atoms with van der Waals surface area (Å²) in [4.78, 5) is 11.7. The van der Waals surface area contributed by atoms with Crippen LogP contribution in [0.4, 0.5) is 0 Å². The number of aromatic nitrogens is 1. The molecule has 20 heavy (non-hydrogen) atoms. The number of ketones is 1. The first kappa shape index (κ1) is 14.8. The van der Waals surface area contributed by atoms with E-state index in [9.17, 15) is 4.79 Å². The van der Waals surface area contributed by atoms with Crippen molar-refractivity contribution in [3.63, 3.8) is 0 Å². The number of hydrogen-bond acceptors (Lipinski definition) is 1. The maximum Gasteiger partial charge on any atom is 0.161 e. The minimum Gasteiger partial charge on any atom is -0.347 e. The van der Waals surface area contributed by atoms with Gasteiger partial charge in [-0.1, -0.05) is 57.2 Å². The molecule has 0 saturated carbocycles. The molecule has 2 heteroatoms. The lowest BCUT2D eigenvalue weighted by Crippen LogP contribution is -1.96. The van der Waals surface area contributed by atoms with Crippen LogP contribution >= 0.6 is 0 Å². The smallest absolute Gasteiger partial charge is 0.161 e. The number of hydrogen-bond donors (Lipinski definition) is 0. The Morgan fingerprint density at radius 1 is 1.05 bits per heavy atom. The number of rotatable bonds is 8. The molecule has 0 aliphatic heterocycles. The molecule has 2 aromatic rings. The molecule has 2 nitrogen and oxygen atoms in total. The van der Waals surface area contributed by atoms with Crippen LogP contribution in [0, 0.1) is 0 Å². The van der Waals surface area contributed by atoms with Gasteiger partial charge in [-0.15, -0.1) is 0 Å². The summed E-state index contributed by atoms with van der Waals surface area (Å²) >= 11 is 0. The third kappa shape index (κ3) is 3.50. The average Bonchev–Trinajstić information content (AvgIpc) is 2.82. The number of fused-ring (bicyclic) bond motifs is 1. The Morgan fingerprint density at radius 2 is 1.75 bits per heavy atom. The fourth-order valence-corrected chi connectivity index (χ4v) is 2.77. The van der Waals surface area contributed by atoms with E-state index < -0.39 is 0 Å².